The monoisotopic (exact) mass is 212 g/mol. The Bertz CT molecular complexity index is 397. The average Bonchev–Trinajstić information content (AvgIpc) is 2.30. The molecule has 0 aliphatic heterocycles. The molecule has 1 aliphatic carbocycles. The lowest BCUT2D eigenvalue weighted by Crippen LogP contribution is -2.15. The molecule has 0 bridgehead atoms. The molecule has 1 aliphatic rings. The van der Waals surface area contributed by atoms with E-state index >= 15 is 0 Å². The zero-order valence-corrected chi connectivity index (χ0v) is 10.2. The molecule has 0 aromatic heterocycles. The maximum absolute atomic E-state index is 2.36. The first kappa shape index (κ1) is 11.2. The van der Waals surface area contributed by atoms with Crippen LogP contribution in [0.15, 0.2) is 48.6 Å². The summed E-state index contributed by atoms with van der Waals surface area (Å²) in [5.74, 6) is 0. The van der Waals surface area contributed by atoms with Crippen molar-refractivity contribution < 1.29 is 0 Å². The molecule has 0 heterocycles. The van der Waals surface area contributed by atoms with Gasteiger partial charge in [0.2, 0.25) is 0 Å². The van der Waals surface area contributed by atoms with Gasteiger partial charge in [0.25, 0.3) is 0 Å². The second kappa shape index (κ2) is 4.69. The van der Waals surface area contributed by atoms with E-state index in [9.17, 15) is 0 Å². The highest BCUT2D eigenvalue weighted by atomic mass is 14.3. The van der Waals surface area contributed by atoms with Crippen molar-refractivity contribution in [1.29, 1.82) is 0 Å². The number of hydrogen-bond acceptors (Lipinski definition) is 0. The van der Waals surface area contributed by atoms with E-state index in [1.165, 1.54) is 30.4 Å². The molecule has 16 heavy (non-hydrogen) atoms. The lowest BCUT2D eigenvalue weighted by molar-refractivity contribution is 0.394. The third-order valence-electron chi connectivity index (χ3n) is 3.36. The molecule has 0 nitrogen and oxygen atoms in total. The standard InChI is InChI=1S/C16H20/c1-3-11-16(2)12-7-10-15(13-16)14-8-5-4-6-9-14/h4-10,12H,3,11,13H2,1-2H3. The smallest absolute Gasteiger partial charge is 0.0103 e. The molecule has 0 fully saturated rings. The van der Waals surface area contributed by atoms with Crippen LogP contribution in [0.2, 0.25) is 0 Å². The van der Waals surface area contributed by atoms with Gasteiger partial charge in [-0.2, -0.15) is 0 Å². The van der Waals surface area contributed by atoms with Crippen LogP contribution in [0.4, 0.5) is 0 Å². The zero-order valence-electron chi connectivity index (χ0n) is 10.2. The van der Waals surface area contributed by atoms with Crippen LogP contribution in [0, 0.1) is 5.41 Å². The van der Waals surface area contributed by atoms with E-state index in [0.717, 1.165) is 0 Å². The van der Waals surface area contributed by atoms with Crippen LogP contribution in [-0.2, 0) is 0 Å². The van der Waals surface area contributed by atoms with Crippen molar-refractivity contribution in [3.63, 3.8) is 0 Å². The van der Waals surface area contributed by atoms with Crippen LogP contribution in [0.3, 0.4) is 0 Å². The molecule has 0 spiro atoms. The molecule has 1 aromatic carbocycles. The number of benzene rings is 1. The van der Waals surface area contributed by atoms with Gasteiger partial charge in [0.05, 0.1) is 0 Å². The maximum Gasteiger partial charge on any atom is -0.0103 e. The predicted molar refractivity (Wildman–Crippen MR) is 71.2 cm³/mol. The summed E-state index contributed by atoms with van der Waals surface area (Å²) in [6.45, 7) is 4.63. The minimum Gasteiger partial charge on any atom is -0.0782 e. The molecular formula is C16H20. The number of allylic oxidation sites excluding steroid dienone is 4. The zero-order chi connectivity index (χ0) is 11.4. The average molecular weight is 212 g/mol. The molecule has 1 unspecified atom stereocenters. The summed E-state index contributed by atoms with van der Waals surface area (Å²) in [6, 6.07) is 10.7. The normalized spacial score (nSPS) is 24.2. The highest BCUT2D eigenvalue weighted by molar-refractivity contribution is 5.69. The van der Waals surface area contributed by atoms with Gasteiger partial charge in [-0.25, -0.2) is 0 Å². The van der Waals surface area contributed by atoms with Gasteiger partial charge >= 0.3 is 0 Å². The van der Waals surface area contributed by atoms with Gasteiger partial charge in [0.1, 0.15) is 0 Å². The summed E-state index contributed by atoms with van der Waals surface area (Å²) < 4.78 is 0. The maximum atomic E-state index is 2.36. The van der Waals surface area contributed by atoms with E-state index in [4.69, 9.17) is 0 Å². The molecule has 0 amide bonds. The summed E-state index contributed by atoms with van der Waals surface area (Å²) in [4.78, 5) is 0. The van der Waals surface area contributed by atoms with Crippen molar-refractivity contribution in [2.45, 2.75) is 33.1 Å². The molecular weight excluding hydrogens is 192 g/mol. The van der Waals surface area contributed by atoms with Crippen molar-refractivity contribution >= 4 is 5.57 Å². The van der Waals surface area contributed by atoms with E-state index in [2.05, 4.69) is 62.4 Å². The highest BCUT2D eigenvalue weighted by Crippen LogP contribution is 2.39. The lowest BCUT2D eigenvalue weighted by Gasteiger charge is -2.29. The third-order valence-corrected chi connectivity index (χ3v) is 3.36. The lowest BCUT2D eigenvalue weighted by atomic mass is 9.75. The second-order valence-electron chi connectivity index (χ2n) is 5.00. The largest absolute Gasteiger partial charge is 0.0782 e. The molecule has 2 rings (SSSR count). The Hall–Kier alpha value is -1.30. The molecule has 0 saturated heterocycles. The van der Waals surface area contributed by atoms with Gasteiger partial charge in [-0.1, -0.05) is 68.8 Å². The van der Waals surface area contributed by atoms with Crippen LogP contribution in [0.5, 0.6) is 0 Å². The summed E-state index contributed by atoms with van der Waals surface area (Å²) in [6.07, 6.45) is 10.5. The topological polar surface area (TPSA) is 0 Å². The Morgan fingerprint density at radius 3 is 2.62 bits per heavy atom. The van der Waals surface area contributed by atoms with Gasteiger partial charge < -0.3 is 0 Å². The van der Waals surface area contributed by atoms with Gasteiger partial charge in [-0.3, -0.25) is 0 Å². The molecule has 84 valence electrons. The summed E-state index contributed by atoms with van der Waals surface area (Å²) >= 11 is 0. The number of hydrogen-bond donors (Lipinski definition) is 0. The van der Waals surface area contributed by atoms with Crippen molar-refractivity contribution in [1.82, 2.24) is 0 Å². The molecule has 1 atom stereocenters. The van der Waals surface area contributed by atoms with E-state index in [-0.39, 0.29) is 0 Å². The number of rotatable bonds is 3. The molecule has 0 saturated carbocycles. The van der Waals surface area contributed by atoms with E-state index in [1.807, 2.05) is 0 Å². The minimum absolute atomic E-state index is 0.356. The van der Waals surface area contributed by atoms with Crippen molar-refractivity contribution in [2.24, 2.45) is 5.41 Å². The van der Waals surface area contributed by atoms with Crippen LogP contribution in [-0.4, -0.2) is 0 Å². The molecule has 0 heteroatoms. The quantitative estimate of drug-likeness (QED) is 0.672. The first-order valence-corrected chi connectivity index (χ1v) is 6.17. The van der Waals surface area contributed by atoms with E-state index in [1.54, 1.807) is 0 Å². The second-order valence-corrected chi connectivity index (χ2v) is 5.00. The fourth-order valence-electron chi connectivity index (χ4n) is 2.54. The molecule has 0 N–H and O–H groups in total. The fourth-order valence-corrected chi connectivity index (χ4v) is 2.54. The van der Waals surface area contributed by atoms with Gasteiger partial charge in [0.15, 0.2) is 0 Å². The van der Waals surface area contributed by atoms with Gasteiger partial charge in [0, 0.05) is 0 Å². The molecule has 1 aromatic rings. The highest BCUT2D eigenvalue weighted by Gasteiger charge is 2.23. The first-order valence-electron chi connectivity index (χ1n) is 6.17. The Morgan fingerprint density at radius 2 is 1.94 bits per heavy atom. The van der Waals surface area contributed by atoms with Crippen LogP contribution < -0.4 is 0 Å². The third kappa shape index (κ3) is 2.44. The fraction of sp³-hybridized carbons (Fsp3) is 0.375. The van der Waals surface area contributed by atoms with Crippen LogP contribution in [0.25, 0.3) is 5.57 Å². The van der Waals surface area contributed by atoms with E-state index in [0.29, 0.717) is 5.41 Å². The first-order chi connectivity index (χ1) is 7.73. The van der Waals surface area contributed by atoms with E-state index < -0.39 is 0 Å². The van der Waals surface area contributed by atoms with Crippen molar-refractivity contribution in [3.05, 3.63) is 54.1 Å². The minimum atomic E-state index is 0.356. The Kier molecular flexibility index (Phi) is 3.28. The van der Waals surface area contributed by atoms with Crippen molar-refractivity contribution in [3.8, 4) is 0 Å². The molecule has 0 radical (unpaired) electrons. The Morgan fingerprint density at radius 1 is 1.19 bits per heavy atom. The Labute approximate surface area is 98.7 Å². The van der Waals surface area contributed by atoms with Gasteiger partial charge in [-0.15, -0.1) is 0 Å². The predicted octanol–water partition coefficient (Wildman–Crippen LogP) is 4.84. The van der Waals surface area contributed by atoms with Crippen LogP contribution in [0.1, 0.15) is 38.7 Å². The summed E-state index contributed by atoms with van der Waals surface area (Å²) in [7, 11) is 0. The summed E-state index contributed by atoms with van der Waals surface area (Å²) in [5, 5.41) is 0. The SMILES string of the molecule is CCCC1(C)C=CC=C(c2ccccc2)C1. The van der Waals surface area contributed by atoms with Gasteiger partial charge in [-0.05, 0) is 29.4 Å². The van der Waals surface area contributed by atoms with Crippen molar-refractivity contribution in [2.75, 3.05) is 0 Å². The summed E-state index contributed by atoms with van der Waals surface area (Å²) in [5.41, 5.74) is 3.20. The van der Waals surface area contributed by atoms with Crippen LogP contribution >= 0.6 is 0 Å². The Balaban J connectivity index is 2.20.